The number of aromatic amines is 1. The molecule has 1 fully saturated rings. The second kappa shape index (κ2) is 6.93. The monoisotopic (exact) mass is 414 g/mol. The number of alkyl halides is 6. The van der Waals surface area contributed by atoms with Crippen LogP contribution in [0.15, 0.2) is 30.7 Å². The number of aromatic nitrogens is 3. The summed E-state index contributed by atoms with van der Waals surface area (Å²) in [6.45, 7) is 1.43. The molecule has 1 aliphatic heterocycles. The maximum absolute atomic E-state index is 13.3. The van der Waals surface area contributed by atoms with E-state index < -0.39 is 23.5 Å². The predicted octanol–water partition coefficient (Wildman–Crippen LogP) is 5.65. The number of benzene rings is 1. The second-order valence-electron chi connectivity index (χ2n) is 6.97. The molecule has 0 atom stereocenters. The molecule has 0 amide bonds. The van der Waals surface area contributed by atoms with E-state index in [1.54, 1.807) is 0 Å². The Morgan fingerprint density at radius 2 is 1.45 bits per heavy atom. The van der Waals surface area contributed by atoms with Crippen molar-refractivity contribution in [3.05, 3.63) is 41.9 Å². The summed E-state index contributed by atoms with van der Waals surface area (Å²) in [5.41, 5.74) is -2.33. The summed E-state index contributed by atoms with van der Waals surface area (Å²) in [6.07, 6.45) is -4.17. The highest BCUT2D eigenvalue weighted by Gasteiger charge is 2.37. The van der Waals surface area contributed by atoms with Crippen molar-refractivity contribution >= 4 is 16.9 Å². The Morgan fingerprint density at radius 1 is 0.828 bits per heavy atom. The third kappa shape index (κ3) is 3.75. The first kappa shape index (κ1) is 19.5. The van der Waals surface area contributed by atoms with Crippen LogP contribution in [-0.4, -0.2) is 28.0 Å². The van der Waals surface area contributed by atoms with Gasteiger partial charge in [-0.25, -0.2) is 9.97 Å². The first-order valence-corrected chi connectivity index (χ1v) is 9.01. The van der Waals surface area contributed by atoms with Gasteiger partial charge in [-0.2, -0.15) is 26.3 Å². The number of anilines is 1. The van der Waals surface area contributed by atoms with Crippen molar-refractivity contribution < 1.29 is 26.3 Å². The number of halogens is 6. The molecular weight excluding hydrogens is 398 g/mol. The van der Waals surface area contributed by atoms with Gasteiger partial charge >= 0.3 is 12.4 Å². The Bertz CT molecular complexity index is 999. The third-order valence-corrected chi connectivity index (χ3v) is 5.00. The molecule has 1 aromatic carbocycles. The molecule has 4 nitrogen and oxygen atoms in total. The molecule has 3 heterocycles. The minimum atomic E-state index is -4.91. The van der Waals surface area contributed by atoms with Crippen molar-refractivity contribution in [2.45, 2.75) is 31.6 Å². The van der Waals surface area contributed by atoms with Crippen LogP contribution in [0.4, 0.5) is 32.2 Å². The molecular formula is C19H16F6N4. The Kier molecular flexibility index (Phi) is 4.66. The van der Waals surface area contributed by atoms with Crippen LogP contribution < -0.4 is 4.90 Å². The molecule has 2 aromatic heterocycles. The molecule has 4 rings (SSSR count). The fourth-order valence-electron chi connectivity index (χ4n) is 3.63. The number of piperidine rings is 1. The Balaban J connectivity index is 1.93. The van der Waals surface area contributed by atoms with Gasteiger partial charge in [-0.1, -0.05) is 0 Å². The van der Waals surface area contributed by atoms with Gasteiger partial charge in [-0.05, 0) is 43.0 Å². The van der Waals surface area contributed by atoms with E-state index in [9.17, 15) is 26.3 Å². The van der Waals surface area contributed by atoms with E-state index in [-0.39, 0.29) is 17.2 Å². The molecule has 1 aliphatic rings. The fourth-order valence-corrected chi connectivity index (χ4v) is 3.63. The minimum absolute atomic E-state index is 0.125. The molecule has 0 unspecified atom stereocenters. The van der Waals surface area contributed by atoms with Crippen molar-refractivity contribution in [1.82, 2.24) is 15.0 Å². The summed E-state index contributed by atoms with van der Waals surface area (Å²) in [6, 6.07) is 1.58. The molecule has 154 valence electrons. The van der Waals surface area contributed by atoms with Crippen molar-refractivity contribution in [1.29, 1.82) is 0 Å². The molecule has 3 aromatic rings. The zero-order valence-corrected chi connectivity index (χ0v) is 15.0. The molecule has 0 aliphatic carbocycles. The number of H-pyrrole nitrogens is 1. The Morgan fingerprint density at radius 3 is 2.03 bits per heavy atom. The van der Waals surface area contributed by atoms with E-state index in [0.29, 0.717) is 29.9 Å². The molecule has 1 N–H and O–H groups in total. The molecule has 0 spiro atoms. The fraction of sp³-hybridized carbons (Fsp3) is 0.368. The highest BCUT2D eigenvalue weighted by Crippen LogP contribution is 2.41. The first-order valence-electron chi connectivity index (χ1n) is 9.01. The summed E-state index contributed by atoms with van der Waals surface area (Å²) < 4.78 is 79.5. The lowest BCUT2D eigenvalue weighted by Gasteiger charge is -2.28. The molecule has 1 saturated heterocycles. The standard InChI is InChI=1S/C19H16F6N4/c20-18(21,22)12-6-11(7-13(8-12)19(23,24)25)14-9-26-16-15(14)17(28-10-27-16)29-4-2-1-3-5-29/h6-10H,1-5H2,(H,26,27,28). The van der Waals surface area contributed by atoms with Crippen molar-refractivity contribution in [3.8, 4) is 11.1 Å². The average molecular weight is 414 g/mol. The van der Waals surface area contributed by atoms with Crippen LogP contribution in [-0.2, 0) is 12.4 Å². The summed E-state index contributed by atoms with van der Waals surface area (Å²) in [5.74, 6) is 0.511. The van der Waals surface area contributed by atoms with Gasteiger partial charge in [0.15, 0.2) is 0 Å². The van der Waals surface area contributed by atoms with Gasteiger partial charge < -0.3 is 9.88 Å². The Hall–Kier alpha value is -2.78. The Labute approximate surface area is 161 Å². The lowest BCUT2D eigenvalue weighted by molar-refractivity contribution is -0.143. The predicted molar refractivity (Wildman–Crippen MR) is 95.4 cm³/mol. The van der Waals surface area contributed by atoms with E-state index in [4.69, 9.17) is 0 Å². The van der Waals surface area contributed by atoms with Crippen molar-refractivity contribution in [2.24, 2.45) is 0 Å². The third-order valence-electron chi connectivity index (χ3n) is 5.00. The molecule has 10 heteroatoms. The zero-order chi connectivity index (χ0) is 20.8. The number of hydrogen-bond acceptors (Lipinski definition) is 3. The van der Waals surface area contributed by atoms with Crippen LogP contribution in [0.5, 0.6) is 0 Å². The number of nitrogens with one attached hydrogen (secondary N) is 1. The summed E-state index contributed by atoms with van der Waals surface area (Å²) >= 11 is 0. The molecule has 29 heavy (non-hydrogen) atoms. The van der Waals surface area contributed by atoms with E-state index in [1.807, 2.05) is 4.90 Å². The molecule has 0 bridgehead atoms. The SMILES string of the molecule is FC(F)(F)c1cc(-c2c[nH]c3ncnc(N4CCCCC4)c23)cc(C(F)(F)F)c1. The number of fused-ring (bicyclic) bond motifs is 1. The first-order chi connectivity index (χ1) is 13.6. The van der Waals surface area contributed by atoms with Gasteiger partial charge in [0.25, 0.3) is 0 Å². The highest BCUT2D eigenvalue weighted by atomic mass is 19.4. The van der Waals surface area contributed by atoms with Gasteiger partial charge in [0.05, 0.1) is 16.5 Å². The lowest BCUT2D eigenvalue weighted by atomic mass is 9.99. The molecule has 0 saturated carbocycles. The van der Waals surface area contributed by atoms with Crippen LogP contribution in [0, 0.1) is 0 Å². The quantitative estimate of drug-likeness (QED) is 0.551. The van der Waals surface area contributed by atoms with Gasteiger partial charge in [-0.15, -0.1) is 0 Å². The normalized spacial score (nSPS) is 15.9. The van der Waals surface area contributed by atoms with E-state index in [2.05, 4.69) is 15.0 Å². The maximum atomic E-state index is 13.3. The van der Waals surface area contributed by atoms with Crippen molar-refractivity contribution in [3.63, 3.8) is 0 Å². The smallest absolute Gasteiger partial charge is 0.356 e. The van der Waals surface area contributed by atoms with Crippen LogP contribution in [0.25, 0.3) is 22.2 Å². The summed E-state index contributed by atoms with van der Waals surface area (Å²) in [4.78, 5) is 13.2. The zero-order valence-electron chi connectivity index (χ0n) is 15.0. The lowest BCUT2D eigenvalue weighted by Crippen LogP contribution is -2.30. The van der Waals surface area contributed by atoms with Crippen LogP contribution in [0.3, 0.4) is 0 Å². The second-order valence-corrected chi connectivity index (χ2v) is 6.97. The topological polar surface area (TPSA) is 44.8 Å². The van der Waals surface area contributed by atoms with E-state index >= 15 is 0 Å². The van der Waals surface area contributed by atoms with Gasteiger partial charge in [0.2, 0.25) is 0 Å². The van der Waals surface area contributed by atoms with Crippen LogP contribution in [0.1, 0.15) is 30.4 Å². The van der Waals surface area contributed by atoms with Crippen LogP contribution >= 0.6 is 0 Å². The summed E-state index contributed by atoms with van der Waals surface area (Å²) in [7, 11) is 0. The highest BCUT2D eigenvalue weighted by molar-refractivity contribution is 6.01. The average Bonchev–Trinajstić information content (AvgIpc) is 3.11. The number of hydrogen-bond donors (Lipinski definition) is 1. The maximum Gasteiger partial charge on any atom is 0.416 e. The van der Waals surface area contributed by atoms with Crippen LogP contribution in [0.2, 0.25) is 0 Å². The van der Waals surface area contributed by atoms with Gasteiger partial charge in [0.1, 0.15) is 17.8 Å². The minimum Gasteiger partial charge on any atom is -0.356 e. The van der Waals surface area contributed by atoms with E-state index in [0.717, 1.165) is 31.4 Å². The van der Waals surface area contributed by atoms with E-state index in [1.165, 1.54) is 12.5 Å². The van der Waals surface area contributed by atoms with Gasteiger partial charge in [0, 0.05) is 24.8 Å². The largest absolute Gasteiger partial charge is 0.416 e. The number of nitrogens with zero attached hydrogens (tertiary/aromatic N) is 3. The number of rotatable bonds is 2. The summed E-state index contributed by atoms with van der Waals surface area (Å²) in [5, 5.41) is 0.418. The van der Waals surface area contributed by atoms with Gasteiger partial charge in [-0.3, -0.25) is 0 Å². The molecule has 0 radical (unpaired) electrons. The van der Waals surface area contributed by atoms with Crippen molar-refractivity contribution in [2.75, 3.05) is 18.0 Å².